The van der Waals surface area contributed by atoms with E-state index in [0.717, 1.165) is 10.2 Å². The van der Waals surface area contributed by atoms with Crippen molar-refractivity contribution in [2.45, 2.75) is 26.2 Å². The smallest absolute Gasteiger partial charge is 0.292 e. The highest BCUT2D eigenvalue weighted by atomic mass is 19.4. The quantitative estimate of drug-likeness (QED) is 0.799. The number of carbonyl (C=O) groups is 1. The van der Waals surface area contributed by atoms with Gasteiger partial charge in [0.15, 0.2) is 0 Å². The van der Waals surface area contributed by atoms with Gasteiger partial charge >= 0.3 is 12.3 Å². The highest BCUT2D eigenvalue weighted by Gasteiger charge is 2.33. The lowest BCUT2D eigenvalue weighted by Crippen LogP contribution is -2.49. The number of nitrogens with one attached hydrogen (secondary N) is 1. The molecule has 0 atom stereocenters. The topological polar surface area (TPSA) is 32.3 Å². The standard InChI is InChI=1S/C11H13F3N2O/c1-8(2)16(9-6-4-3-5-7-9)10(17)15-11(12,13)14/h3-8H,1-2H3,(H,15,17). The monoisotopic (exact) mass is 246 g/mol. The predicted molar refractivity (Wildman–Crippen MR) is 58.6 cm³/mol. The number of carbonyl (C=O) groups excluding carboxylic acids is 1. The molecule has 0 aliphatic rings. The first kappa shape index (κ1) is 13.3. The van der Waals surface area contributed by atoms with Gasteiger partial charge in [0.1, 0.15) is 0 Å². The molecule has 1 aromatic rings. The van der Waals surface area contributed by atoms with Crippen molar-refractivity contribution in [2.24, 2.45) is 0 Å². The summed E-state index contributed by atoms with van der Waals surface area (Å²) in [6.07, 6.45) is -4.72. The molecule has 6 heteroatoms. The minimum absolute atomic E-state index is 0.375. The van der Waals surface area contributed by atoms with Crippen molar-refractivity contribution in [3.8, 4) is 0 Å². The van der Waals surface area contributed by atoms with Crippen molar-refractivity contribution in [1.29, 1.82) is 0 Å². The van der Waals surface area contributed by atoms with Gasteiger partial charge in [0, 0.05) is 11.7 Å². The molecule has 94 valence electrons. The molecule has 1 aromatic carbocycles. The van der Waals surface area contributed by atoms with Gasteiger partial charge in [-0.3, -0.25) is 4.90 Å². The molecule has 0 aromatic heterocycles. The minimum Gasteiger partial charge on any atom is -0.292 e. The fraction of sp³-hybridized carbons (Fsp3) is 0.364. The molecule has 17 heavy (non-hydrogen) atoms. The number of urea groups is 1. The Morgan fingerprint density at radius 1 is 1.24 bits per heavy atom. The summed E-state index contributed by atoms with van der Waals surface area (Å²) in [6, 6.07) is 6.64. The van der Waals surface area contributed by atoms with Crippen LogP contribution in [-0.2, 0) is 0 Å². The first-order valence-electron chi connectivity index (χ1n) is 5.04. The van der Waals surface area contributed by atoms with Crippen LogP contribution in [0, 0.1) is 0 Å². The molecule has 3 nitrogen and oxygen atoms in total. The fourth-order valence-corrected chi connectivity index (χ4v) is 1.42. The van der Waals surface area contributed by atoms with Gasteiger partial charge in [-0.05, 0) is 26.0 Å². The van der Waals surface area contributed by atoms with E-state index in [2.05, 4.69) is 0 Å². The Hall–Kier alpha value is -1.72. The molecule has 0 aliphatic heterocycles. The summed E-state index contributed by atoms with van der Waals surface area (Å²) in [7, 11) is 0. The Labute approximate surface area is 97.2 Å². The third-order valence-electron chi connectivity index (χ3n) is 2.02. The summed E-state index contributed by atoms with van der Waals surface area (Å²) >= 11 is 0. The Kier molecular flexibility index (Phi) is 3.98. The normalized spacial score (nSPS) is 11.4. The van der Waals surface area contributed by atoms with E-state index in [1.807, 2.05) is 0 Å². The van der Waals surface area contributed by atoms with Crippen LogP contribution in [0.25, 0.3) is 0 Å². The molecule has 0 saturated carbocycles. The van der Waals surface area contributed by atoms with Crippen LogP contribution in [0.4, 0.5) is 23.7 Å². The molecule has 0 bridgehead atoms. The molecule has 0 spiro atoms. The van der Waals surface area contributed by atoms with E-state index in [-0.39, 0.29) is 6.04 Å². The maximum absolute atomic E-state index is 12.1. The third-order valence-corrected chi connectivity index (χ3v) is 2.02. The van der Waals surface area contributed by atoms with Crippen LogP contribution in [0.15, 0.2) is 30.3 Å². The fourth-order valence-electron chi connectivity index (χ4n) is 1.42. The van der Waals surface area contributed by atoms with Crippen molar-refractivity contribution in [1.82, 2.24) is 5.32 Å². The van der Waals surface area contributed by atoms with Gasteiger partial charge in [-0.15, -0.1) is 0 Å². The van der Waals surface area contributed by atoms with Crippen LogP contribution in [0.3, 0.4) is 0 Å². The minimum atomic E-state index is -4.72. The number of rotatable bonds is 2. The molecule has 0 saturated heterocycles. The second-order valence-corrected chi connectivity index (χ2v) is 3.73. The van der Waals surface area contributed by atoms with Crippen molar-refractivity contribution >= 4 is 11.7 Å². The first-order valence-corrected chi connectivity index (χ1v) is 5.04. The van der Waals surface area contributed by atoms with Crippen LogP contribution in [0.2, 0.25) is 0 Å². The number of para-hydroxylation sites is 1. The van der Waals surface area contributed by atoms with E-state index < -0.39 is 12.3 Å². The van der Waals surface area contributed by atoms with Crippen LogP contribution in [-0.4, -0.2) is 18.4 Å². The van der Waals surface area contributed by atoms with E-state index >= 15 is 0 Å². The SMILES string of the molecule is CC(C)N(C(=O)NC(F)(F)F)c1ccccc1. The summed E-state index contributed by atoms with van der Waals surface area (Å²) in [5.74, 6) is 0. The second-order valence-electron chi connectivity index (χ2n) is 3.73. The number of anilines is 1. The number of nitrogens with zero attached hydrogens (tertiary/aromatic N) is 1. The molecule has 0 radical (unpaired) electrons. The second kappa shape index (κ2) is 5.07. The van der Waals surface area contributed by atoms with Crippen LogP contribution >= 0.6 is 0 Å². The molecule has 0 fully saturated rings. The number of amides is 2. The molecular formula is C11H13F3N2O. The zero-order chi connectivity index (χ0) is 13.1. The van der Waals surface area contributed by atoms with Gasteiger partial charge in [-0.1, -0.05) is 18.2 Å². The van der Waals surface area contributed by atoms with E-state index in [9.17, 15) is 18.0 Å². The summed E-state index contributed by atoms with van der Waals surface area (Å²) in [5, 5.41) is 0.986. The average molecular weight is 246 g/mol. The lowest BCUT2D eigenvalue weighted by molar-refractivity contribution is -0.145. The van der Waals surface area contributed by atoms with Gasteiger partial charge in [0.25, 0.3) is 0 Å². The van der Waals surface area contributed by atoms with Crippen LogP contribution in [0.5, 0.6) is 0 Å². The highest BCUT2D eigenvalue weighted by Crippen LogP contribution is 2.18. The zero-order valence-corrected chi connectivity index (χ0v) is 9.45. The number of hydrogen-bond acceptors (Lipinski definition) is 1. The number of halogens is 3. The van der Waals surface area contributed by atoms with Crippen LogP contribution in [0.1, 0.15) is 13.8 Å². The van der Waals surface area contributed by atoms with E-state index in [1.54, 1.807) is 44.2 Å². The highest BCUT2D eigenvalue weighted by molar-refractivity contribution is 5.92. The first-order chi connectivity index (χ1) is 7.81. The molecule has 1 rings (SSSR count). The number of hydrogen-bond donors (Lipinski definition) is 1. The number of alkyl halides is 3. The van der Waals surface area contributed by atoms with Crippen molar-refractivity contribution in [3.05, 3.63) is 30.3 Å². The van der Waals surface area contributed by atoms with Gasteiger partial charge in [-0.2, -0.15) is 13.2 Å². The molecule has 0 heterocycles. The van der Waals surface area contributed by atoms with Gasteiger partial charge in [0.2, 0.25) is 0 Å². The van der Waals surface area contributed by atoms with Crippen LogP contribution < -0.4 is 10.2 Å². The lowest BCUT2D eigenvalue weighted by atomic mass is 10.2. The van der Waals surface area contributed by atoms with Gasteiger partial charge in [-0.25, -0.2) is 10.1 Å². The Morgan fingerprint density at radius 3 is 2.18 bits per heavy atom. The Bertz CT molecular complexity index is 376. The summed E-state index contributed by atoms with van der Waals surface area (Å²) < 4.78 is 36.3. The third kappa shape index (κ3) is 3.97. The average Bonchev–Trinajstić information content (AvgIpc) is 2.15. The molecule has 0 unspecified atom stereocenters. The van der Waals surface area contributed by atoms with Gasteiger partial charge < -0.3 is 0 Å². The number of benzene rings is 1. The van der Waals surface area contributed by atoms with Crippen molar-refractivity contribution in [2.75, 3.05) is 4.90 Å². The molecule has 2 amide bonds. The Balaban J connectivity index is 2.92. The maximum Gasteiger partial charge on any atom is 0.485 e. The van der Waals surface area contributed by atoms with Crippen molar-refractivity contribution < 1.29 is 18.0 Å². The van der Waals surface area contributed by atoms with Crippen molar-refractivity contribution in [3.63, 3.8) is 0 Å². The zero-order valence-electron chi connectivity index (χ0n) is 9.45. The summed E-state index contributed by atoms with van der Waals surface area (Å²) in [6.45, 7) is 3.28. The summed E-state index contributed by atoms with van der Waals surface area (Å²) in [4.78, 5) is 12.5. The Morgan fingerprint density at radius 2 is 1.76 bits per heavy atom. The van der Waals surface area contributed by atoms with E-state index in [4.69, 9.17) is 0 Å². The largest absolute Gasteiger partial charge is 0.485 e. The summed E-state index contributed by atoms with van der Waals surface area (Å²) in [5.41, 5.74) is 0.421. The maximum atomic E-state index is 12.1. The molecule has 1 N–H and O–H groups in total. The van der Waals surface area contributed by atoms with E-state index in [0.29, 0.717) is 5.69 Å². The lowest BCUT2D eigenvalue weighted by Gasteiger charge is -2.27. The predicted octanol–water partition coefficient (Wildman–Crippen LogP) is 3.13. The van der Waals surface area contributed by atoms with E-state index in [1.165, 1.54) is 0 Å². The van der Waals surface area contributed by atoms with Gasteiger partial charge in [0.05, 0.1) is 0 Å². The molecular weight excluding hydrogens is 233 g/mol. The molecule has 0 aliphatic carbocycles.